The summed E-state index contributed by atoms with van der Waals surface area (Å²) in [6.45, 7) is 4.73. The van der Waals surface area contributed by atoms with Gasteiger partial charge in [-0.15, -0.1) is 0 Å². The molecule has 150 valence electrons. The van der Waals surface area contributed by atoms with Crippen molar-refractivity contribution in [3.63, 3.8) is 0 Å². The van der Waals surface area contributed by atoms with Gasteiger partial charge in [-0.05, 0) is 43.7 Å². The lowest BCUT2D eigenvalue weighted by Crippen LogP contribution is -2.46. The molecule has 1 aromatic carbocycles. The maximum atomic E-state index is 12.2. The first-order valence-corrected chi connectivity index (χ1v) is 9.37. The van der Waals surface area contributed by atoms with E-state index >= 15 is 0 Å². The molecule has 0 saturated heterocycles. The summed E-state index contributed by atoms with van der Waals surface area (Å²) in [7, 11) is 1.35. The van der Waals surface area contributed by atoms with Crippen molar-refractivity contribution in [1.29, 1.82) is 0 Å². The van der Waals surface area contributed by atoms with E-state index in [9.17, 15) is 9.59 Å². The van der Waals surface area contributed by atoms with E-state index < -0.39 is 12.2 Å². The van der Waals surface area contributed by atoms with E-state index in [4.69, 9.17) is 9.47 Å². The van der Waals surface area contributed by atoms with E-state index in [1.807, 2.05) is 30.3 Å². The van der Waals surface area contributed by atoms with Crippen molar-refractivity contribution < 1.29 is 23.8 Å². The number of carbonyl (C=O) groups excluding carboxylic acids is 2. The third-order valence-electron chi connectivity index (χ3n) is 4.78. The monoisotopic (exact) mass is 378 g/mol. The predicted octanol–water partition coefficient (Wildman–Crippen LogP) is 3.49. The third kappa shape index (κ3) is 7.37. The molecule has 3 atom stereocenters. The Morgan fingerprint density at radius 2 is 2.00 bits per heavy atom. The van der Waals surface area contributed by atoms with Crippen LogP contribution in [-0.4, -0.2) is 44.6 Å². The standard InChI is InChI=1S/C20H30N2O5/c1-15(13-26-17-9-5-4-6-10-17)27-19(24)22-16-8-7-11-20(2,12-16)14-21-18(23)25-3/h4-6,9-10,15-16H,7-8,11-14H2,1-3H3,(H,21,23)(H,22,24). The molecule has 2 rings (SSSR count). The summed E-state index contributed by atoms with van der Waals surface area (Å²) >= 11 is 0. The van der Waals surface area contributed by atoms with Crippen LogP contribution >= 0.6 is 0 Å². The van der Waals surface area contributed by atoms with Crippen LogP contribution in [0.15, 0.2) is 30.3 Å². The fourth-order valence-corrected chi connectivity index (χ4v) is 3.36. The molecule has 0 bridgehead atoms. The Bertz CT molecular complexity index is 610. The zero-order chi connectivity index (χ0) is 19.7. The van der Waals surface area contributed by atoms with Crippen molar-refractivity contribution in [2.45, 2.75) is 51.7 Å². The van der Waals surface area contributed by atoms with Gasteiger partial charge in [-0.25, -0.2) is 9.59 Å². The van der Waals surface area contributed by atoms with E-state index in [0.29, 0.717) is 13.2 Å². The van der Waals surface area contributed by atoms with Crippen molar-refractivity contribution in [3.05, 3.63) is 30.3 Å². The van der Waals surface area contributed by atoms with Crippen LogP contribution in [0.2, 0.25) is 0 Å². The highest BCUT2D eigenvalue weighted by Gasteiger charge is 2.33. The topological polar surface area (TPSA) is 85.9 Å². The lowest BCUT2D eigenvalue weighted by Gasteiger charge is -2.38. The van der Waals surface area contributed by atoms with Gasteiger partial charge in [-0.2, -0.15) is 0 Å². The third-order valence-corrected chi connectivity index (χ3v) is 4.78. The Morgan fingerprint density at radius 3 is 2.70 bits per heavy atom. The normalized spacial score (nSPS) is 23.0. The Balaban J connectivity index is 1.73. The second-order valence-electron chi connectivity index (χ2n) is 7.43. The maximum absolute atomic E-state index is 12.2. The number of carbonyl (C=O) groups is 2. The van der Waals surface area contributed by atoms with Crippen molar-refractivity contribution >= 4 is 12.2 Å². The van der Waals surface area contributed by atoms with E-state index in [-0.39, 0.29) is 17.6 Å². The number of nitrogens with one attached hydrogen (secondary N) is 2. The molecule has 27 heavy (non-hydrogen) atoms. The van der Waals surface area contributed by atoms with Gasteiger partial charge in [0.05, 0.1) is 7.11 Å². The van der Waals surface area contributed by atoms with Crippen molar-refractivity contribution in [3.8, 4) is 5.75 Å². The molecule has 0 spiro atoms. The number of rotatable bonds is 7. The predicted molar refractivity (Wildman–Crippen MR) is 102 cm³/mol. The highest BCUT2D eigenvalue weighted by molar-refractivity contribution is 5.68. The van der Waals surface area contributed by atoms with E-state index in [0.717, 1.165) is 31.4 Å². The van der Waals surface area contributed by atoms with Gasteiger partial charge in [0.1, 0.15) is 18.5 Å². The van der Waals surface area contributed by atoms with E-state index in [1.165, 1.54) is 7.11 Å². The van der Waals surface area contributed by atoms with Gasteiger partial charge < -0.3 is 24.8 Å². The SMILES string of the molecule is COC(=O)NCC1(C)CCCC(NC(=O)OC(C)COc2ccccc2)C1. The minimum atomic E-state index is -0.436. The van der Waals surface area contributed by atoms with E-state index in [1.54, 1.807) is 6.92 Å². The summed E-state index contributed by atoms with van der Waals surface area (Å²) < 4.78 is 15.6. The van der Waals surface area contributed by atoms with Crippen molar-refractivity contribution in [1.82, 2.24) is 10.6 Å². The van der Waals surface area contributed by atoms with Gasteiger partial charge in [0.25, 0.3) is 0 Å². The number of amides is 2. The first-order chi connectivity index (χ1) is 12.9. The molecule has 1 saturated carbocycles. The molecule has 1 aliphatic rings. The Morgan fingerprint density at radius 1 is 1.26 bits per heavy atom. The number of alkyl carbamates (subject to hydrolysis) is 2. The summed E-state index contributed by atoms with van der Waals surface area (Å²) in [5.41, 5.74) is -0.0770. The number of methoxy groups -OCH3 is 1. The van der Waals surface area contributed by atoms with Crippen LogP contribution in [0.4, 0.5) is 9.59 Å². The van der Waals surface area contributed by atoms with Crippen molar-refractivity contribution in [2.75, 3.05) is 20.3 Å². The van der Waals surface area contributed by atoms with Crippen LogP contribution < -0.4 is 15.4 Å². The van der Waals surface area contributed by atoms with Crippen LogP contribution in [0.1, 0.15) is 39.5 Å². The summed E-state index contributed by atoms with van der Waals surface area (Å²) in [5.74, 6) is 0.745. The van der Waals surface area contributed by atoms with Crippen LogP contribution in [0, 0.1) is 5.41 Å². The molecule has 0 aromatic heterocycles. The molecule has 7 nitrogen and oxygen atoms in total. The highest BCUT2D eigenvalue weighted by atomic mass is 16.6. The fraction of sp³-hybridized carbons (Fsp3) is 0.600. The molecular formula is C20H30N2O5. The largest absolute Gasteiger partial charge is 0.490 e. The quantitative estimate of drug-likeness (QED) is 0.759. The summed E-state index contributed by atoms with van der Waals surface area (Å²) in [4.78, 5) is 23.5. The summed E-state index contributed by atoms with van der Waals surface area (Å²) in [6, 6.07) is 9.44. The molecular weight excluding hydrogens is 348 g/mol. The Hall–Kier alpha value is -2.44. The molecule has 2 amide bonds. The summed E-state index contributed by atoms with van der Waals surface area (Å²) in [6.07, 6.45) is 2.43. The molecule has 2 N–H and O–H groups in total. The number of ether oxygens (including phenoxy) is 3. The average Bonchev–Trinajstić information content (AvgIpc) is 2.65. The molecule has 0 heterocycles. The van der Waals surface area contributed by atoms with Crippen LogP contribution in [-0.2, 0) is 9.47 Å². The molecule has 0 radical (unpaired) electrons. The van der Waals surface area contributed by atoms with Crippen LogP contribution in [0.3, 0.4) is 0 Å². The number of benzene rings is 1. The van der Waals surface area contributed by atoms with Gasteiger partial charge in [-0.1, -0.05) is 31.5 Å². The number of hydrogen-bond donors (Lipinski definition) is 2. The zero-order valence-electron chi connectivity index (χ0n) is 16.3. The van der Waals surface area contributed by atoms with E-state index in [2.05, 4.69) is 22.3 Å². The van der Waals surface area contributed by atoms with Crippen LogP contribution in [0.25, 0.3) is 0 Å². The lowest BCUT2D eigenvalue weighted by atomic mass is 9.73. The Kier molecular flexibility index (Phi) is 7.76. The maximum Gasteiger partial charge on any atom is 0.407 e. The molecule has 1 fully saturated rings. The minimum Gasteiger partial charge on any atom is -0.490 e. The number of para-hydroxylation sites is 1. The van der Waals surface area contributed by atoms with Crippen molar-refractivity contribution in [2.24, 2.45) is 5.41 Å². The van der Waals surface area contributed by atoms with Gasteiger partial charge in [0.2, 0.25) is 0 Å². The summed E-state index contributed by atoms with van der Waals surface area (Å²) in [5, 5.41) is 5.70. The lowest BCUT2D eigenvalue weighted by molar-refractivity contribution is 0.0679. The number of hydrogen-bond acceptors (Lipinski definition) is 5. The van der Waals surface area contributed by atoms with Crippen LogP contribution in [0.5, 0.6) is 5.75 Å². The zero-order valence-corrected chi connectivity index (χ0v) is 16.3. The fourth-order valence-electron chi connectivity index (χ4n) is 3.36. The molecule has 1 aromatic rings. The van der Waals surface area contributed by atoms with Gasteiger partial charge in [-0.3, -0.25) is 0 Å². The minimum absolute atomic E-state index is 0.0259. The smallest absolute Gasteiger partial charge is 0.407 e. The second kappa shape index (κ2) is 10.0. The van der Waals surface area contributed by atoms with Gasteiger partial charge in [0, 0.05) is 12.6 Å². The molecule has 3 unspecified atom stereocenters. The first-order valence-electron chi connectivity index (χ1n) is 9.37. The second-order valence-corrected chi connectivity index (χ2v) is 7.43. The first kappa shape index (κ1) is 20.9. The van der Waals surface area contributed by atoms with Gasteiger partial charge >= 0.3 is 12.2 Å². The average molecular weight is 378 g/mol. The van der Waals surface area contributed by atoms with Gasteiger partial charge in [0.15, 0.2) is 0 Å². The Labute approximate surface area is 160 Å². The molecule has 7 heteroatoms. The highest BCUT2D eigenvalue weighted by Crippen LogP contribution is 2.35. The molecule has 1 aliphatic carbocycles. The molecule has 0 aliphatic heterocycles.